The van der Waals surface area contributed by atoms with E-state index in [9.17, 15) is 4.79 Å². The van der Waals surface area contributed by atoms with E-state index in [1.165, 1.54) is 4.90 Å². The molecular formula is C14H21N3O3. The lowest BCUT2D eigenvalue weighted by Crippen LogP contribution is -2.42. The van der Waals surface area contributed by atoms with Crippen LogP contribution in [0.4, 0.5) is 4.79 Å². The first-order valence-corrected chi connectivity index (χ1v) is 6.24. The number of hydrogen-bond acceptors (Lipinski definition) is 4. The fraction of sp³-hybridized carbons (Fsp3) is 0.429. The van der Waals surface area contributed by atoms with Crippen molar-refractivity contribution in [1.82, 2.24) is 4.90 Å². The van der Waals surface area contributed by atoms with E-state index in [1.54, 1.807) is 40.0 Å². The third-order valence-corrected chi connectivity index (χ3v) is 2.58. The average molecular weight is 279 g/mol. The van der Waals surface area contributed by atoms with E-state index in [0.717, 1.165) is 5.56 Å². The van der Waals surface area contributed by atoms with Crippen molar-refractivity contribution in [3.8, 4) is 0 Å². The summed E-state index contributed by atoms with van der Waals surface area (Å²) in [6.07, 6.45) is -0.544. The Morgan fingerprint density at radius 1 is 1.35 bits per heavy atom. The highest BCUT2D eigenvalue weighted by Gasteiger charge is 2.29. The number of nitrogens with two attached hydrogens (primary N) is 1. The van der Waals surface area contributed by atoms with Crippen molar-refractivity contribution < 1.29 is 14.7 Å². The Labute approximate surface area is 118 Å². The van der Waals surface area contributed by atoms with Gasteiger partial charge in [0.1, 0.15) is 11.6 Å². The Hall–Kier alpha value is -2.24. The smallest absolute Gasteiger partial charge is 0.410 e. The summed E-state index contributed by atoms with van der Waals surface area (Å²) in [6.45, 7) is 5.33. The normalized spacial score (nSPS) is 13.7. The first kappa shape index (κ1) is 15.8. The molecule has 0 spiro atoms. The number of rotatable bonds is 3. The summed E-state index contributed by atoms with van der Waals surface area (Å²) < 4.78 is 5.29. The molecule has 0 aliphatic heterocycles. The fourth-order valence-corrected chi connectivity index (χ4v) is 1.72. The van der Waals surface area contributed by atoms with Crippen molar-refractivity contribution in [1.29, 1.82) is 0 Å². The first-order chi connectivity index (χ1) is 9.26. The molecule has 0 heterocycles. The van der Waals surface area contributed by atoms with Gasteiger partial charge in [0.25, 0.3) is 0 Å². The summed E-state index contributed by atoms with van der Waals surface area (Å²) >= 11 is 0. The van der Waals surface area contributed by atoms with Crippen molar-refractivity contribution >= 4 is 11.9 Å². The molecule has 1 atom stereocenters. The molecule has 0 unspecified atom stereocenters. The standard InChI is InChI=1S/C14H21N3O3/c1-14(2,3)20-13(18)17(4)11(12(15)16-19)10-8-6-5-7-9-10/h5-9,11,19H,1-4H3,(H2,15,16)/t11-/m0/s1. The van der Waals surface area contributed by atoms with Crippen LogP contribution in [0, 0.1) is 0 Å². The molecule has 0 aliphatic rings. The van der Waals surface area contributed by atoms with Gasteiger partial charge in [-0.2, -0.15) is 0 Å². The topological polar surface area (TPSA) is 88.2 Å². The number of nitrogens with zero attached hydrogens (tertiary/aromatic N) is 2. The van der Waals surface area contributed by atoms with Gasteiger partial charge in [-0.05, 0) is 26.3 Å². The van der Waals surface area contributed by atoms with Gasteiger partial charge in [-0.3, -0.25) is 4.90 Å². The van der Waals surface area contributed by atoms with E-state index in [-0.39, 0.29) is 5.84 Å². The molecule has 0 radical (unpaired) electrons. The highest BCUT2D eigenvalue weighted by Crippen LogP contribution is 2.22. The van der Waals surface area contributed by atoms with E-state index < -0.39 is 17.7 Å². The Morgan fingerprint density at radius 3 is 2.35 bits per heavy atom. The monoisotopic (exact) mass is 279 g/mol. The SMILES string of the molecule is CN(C(=O)OC(C)(C)C)[C@H](C(N)=NO)c1ccccc1. The molecule has 6 nitrogen and oxygen atoms in total. The van der Waals surface area contributed by atoms with E-state index >= 15 is 0 Å². The van der Waals surface area contributed by atoms with E-state index in [4.69, 9.17) is 15.7 Å². The van der Waals surface area contributed by atoms with Crippen LogP contribution in [-0.4, -0.2) is 34.7 Å². The van der Waals surface area contributed by atoms with Gasteiger partial charge in [-0.1, -0.05) is 35.5 Å². The molecule has 3 N–H and O–H groups in total. The molecule has 0 bridgehead atoms. The third kappa shape index (κ3) is 4.15. The van der Waals surface area contributed by atoms with Crippen molar-refractivity contribution in [3.05, 3.63) is 35.9 Å². The number of carbonyl (C=O) groups is 1. The number of carbonyl (C=O) groups excluding carboxylic acids is 1. The van der Waals surface area contributed by atoms with Crippen LogP contribution in [0.2, 0.25) is 0 Å². The van der Waals surface area contributed by atoms with Gasteiger partial charge in [-0.25, -0.2) is 4.79 Å². The Balaban J connectivity index is 3.04. The van der Waals surface area contributed by atoms with Crippen molar-refractivity contribution in [2.75, 3.05) is 7.05 Å². The molecular weight excluding hydrogens is 258 g/mol. The number of amides is 1. The second kappa shape index (κ2) is 6.27. The predicted octanol–water partition coefficient (Wildman–Crippen LogP) is 2.34. The number of amidine groups is 1. The summed E-state index contributed by atoms with van der Waals surface area (Å²) in [5.41, 5.74) is 5.82. The maximum Gasteiger partial charge on any atom is 0.410 e. The minimum Gasteiger partial charge on any atom is -0.444 e. The number of oxime groups is 1. The van der Waals surface area contributed by atoms with Crippen LogP contribution in [-0.2, 0) is 4.74 Å². The van der Waals surface area contributed by atoms with Gasteiger partial charge in [0, 0.05) is 7.05 Å². The Morgan fingerprint density at radius 2 is 1.90 bits per heavy atom. The van der Waals surface area contributed by atoms with Crippen LogP contribution in [0.1, 0.15) is 32.4 Å². The maximum absolute atomic E-state index is 12.1. The lowest BCUT2D eigenvalue weighted by molar-refractivity contribution is 0.0263. The molecule has 20 heavy (non-hydrogen) atoms. The molecule has 1 amide bonds. The summed E-state index contributed by atoms with van der Waals surface area (Å²) in [5.74, 6) is -0.0791. The van der Waals surface area contributed by atoms with Gasteiger partial charge in [0.2, 0.25) is 0 Å². The van der Waals surface area contributed by atoms with Gasteiger partial charge < -0.3 is 15.7 Å². The summed E-state index contributed by atoms with van der Waals surface area (Å²) in [6, 6.07) is 8.38. The minimum atomic E-state index is -0.684. The third-order valence-electron chi connectivity index (χ3n) is 2.58. The molecule has 0 fully saturated rings. The molecule has 110 valence electrons. The number of hydrogen-bond donors (Lipinski definition) is 2. The zero-order valence-electron chi connectivity index (χ0n) is 12.2. The van der Waals surface area contributed by atoms with Crippen LogP contribution < -0.4 is 5.73 Å². The zero-order chi connectivity index (χ0) is 15.3. The molecule has 1 rings (SSSR count). The van der Waals surface area contributed by atoms with Gasteiger partial charge in [0.15, 0.2) is 5.84 Å². The van der Waals surface area contributed by atoms with Crippen LogP contribution in [0.25, 0.3) is 0 Å². The lowest BCUT2D eigenvalue weighted by atomic mass is 10.1. The summed E-state index contributed by atoms with van der Waals surface area (Å²) in [7, 11) is 1.55. The van der Waals surface area contributed by atoms with Crippen molar-refractivity contribution in [2.24, 2.45) is 10.9 Å². The maximum atomic E-state index is 12.1. The van der Waals surface area contributed by atoms with E-state index in [1.807, 2.05) is 18.2 Å². The highest BCUT2D eigenvalue weighted by molar-refractivity contribution is 5.89. The first-order valence-electron chi connectivity index (χ1n) is 6.24. The number of benzene rings is 1. The fourth-order valence-electron chi connectivity index (χ4n) is 1.72. The largest absolute Gasteiger partial charge is 0.444 e. The van der Waals surface area contributed by atoms with Gasteiger partial charge >= 0.3 is 6.09 Å². The molecule has 0 aliphatic carbocycles. The van der Waals surface area contributed by atoms with Crippen LogP contribution in [0.15, 0.2) is 35.5 Å². The Kier molecular flexibility index (Phi) is 4.96. The van der Waals surface area contributed by atoms with Gasteiger partial charge in [-0.15, -0.1) is 0 Å². The minimum absolute atomic E-state index is 0.0791. The molecule has 1 aromatic rings. The zero-order valence-corrected chi connectivity index (χ0v) is 12.2. The lowest BCUT2D eigenvalue weighted by Gasteiger charge is -2.30. The molecule has 0 saturated heterocycles. The average Bonchev–Trinajstić information content (AvgIpc) is 2.37. The molecule has 6 heteroatoms. The molecule has 1 aromatic carbocycles. The number of likely N-dealkylation sites (N-methyl/N-ethyl adjacent to an activating group) is 1. The second-order valence-corrected chi connectivity index (χ2v) is 5.43. The van der Waals surface area contributed by atoms with Crippen molar-refractivity contribution in [3.63, 3.8) is 0 Å². The summed E-state index contributed by atoms with van der Waals surface area (Å²) in [5, 5.41) is 11.9. The van der Waals surface area contributed by atoms with Gasteiger partial charge in [0.05, 0.1) is 0 Å². The second-order valence-electron chi connectivity index (χ2n) is 5.43. The summed E-state index contributed by atoms with van der Waals surface area (Å²) in [4.78, 5) is 13.4. The number of ether oxygens (including phenoxy) is 1. The van der Waals surface area contributed by atoms with E-state index in [2.05, 4.69) is 5.16 Å². The van der Waals surface area contributed by atoms with Crippen LogP contribution >= 0.6 is 0 Å². The van der Waals surface area contributed by atoms with Crippen LogP contribution in [0.5, 0.6) is 0 Å². The molecule has 0 saturated carbocycles. The quantitative estimate of drug-likeness (QED) is 0.385. The van der Waals surface area contributed by atoms with Crippen LogP contribution in [0.3, 0.4) is 0 Å². The molecule has 0 aromatic heterocycles. The predicted molar refractivity (Wildman–Crippen MR) is 76.6 cm³/mol. The highest BCUT2D eigenvalue weighted by atomic mass is 16.6. The van der Waals surface area contributed by atoms with E-state index in [0.29, 0.717) is 0 Å². The van der Waals surface area contributed by atoms with Crippen molar-refractivity contribution in [2.45, 2.75) is 32.4 Å². The Bertz CT molecular complexity index is 480.